The molecule has 106 valence electrons. The van der Waals surface area contributed by atoms with Gasteiger partial charge in [0.05, 0.1) is 0 Å². The third kappa shape index (κ3) is 5.19. The van der Waals surface area contributed by atoms with Gasteiger partial charge in [0.2, 0.25) is 0 Å². The summed E-state index contributed by atoms with van der Waals surface area (Å²) < 4.78 is 40.9. The predicted molar refractivity (Wildman–Crippen MR) is 65.2 cm³/mol. The lowest BCUT2D eigenvalue weighted by Gasteiger charge is -2.13. The van der Waals surface area contributed by atoms with Crippen molar-refractivity contribution in [2.75, 3.05) is 13.2 Å². The molecule has 0 spiro atoms. The maximum absolute atomic E-state index is 11.9. The highest BCUT2D eigenvalue weighted by Crippen LogP contribution is 2.23. The molecule has 0 aliphatic rings. The van der Waals surface area contributed by atoms with Gasteiger partial charge in [-0.2, -0.15) is 13.2 Å². The number of nitrogens with one attached hydrogen (secondary N) is 1. The molecule has 0 bridgehead atoms. The van der Waals surface area contributed by atoms with E-state index >= 15 is 0 Å². The van der Waals surface area contributed by atoms with Gasteiger partial charge < -0.3 is 10.1 Å². The Balaban J connectivity index is 2.55. The summed E-state index contributed by atoms with van der Waals surface area (Å²) >= 11 is 0. The first-order chi connectivity index (χ1) is 8.69. The normalized spacial score (nSPS) is 11.3. The Bertz CT molecular complexity index is 470. The molecule has 0 aliphatic heterocycles. The van der Waals surface area contributed by atoms with Gasteiger partial charge in [0, 0.05) is 0 Å². The average molecular weight is 275 g/mol. The lowest BCUT2D eigenvalue weighted by atomic mass is 10.1. The Labute approximate surface area is 109 Å². The fraction of sp³-hybridized carbons (Fsp3) is 0.462. The number of aryl methyl sites for hydroxylation is 2. The summed E-state index contributed by atoms with van der Waals surface area (Å²) in [4.78, 5) is 11.2. The molecule has 0 aliphatic carbocycles. The van der Waals surface area contributed by atoms with Gasteiger partial charge in [0.15, 0.2) is 6.61 Å². The molecular formula is C13H16F3NO2. The Morgan fingerprint density at radius 1 is 1.26 bits per heavy atom. The molecule has 1 aromatic carbocycles. The van der Waals surface area contributed by atoms with E-state index in [0.717, 1.165) is 16.7 Å². The van der Waals surface area contributed by atoms with Gasteiger partial charge in [0.1, 0.15) is 12.3 Å². The van der Waals surface area contributed by atoms with E-state index in [1.54, 1.807) is 11.4 Å². The molecular weight excluding hydrogens is 259 g/mol. The molecule has 0 aromatic heterocycles. The highest BCUT2D eigenvalue weighted by Gasteiger charge is 2.27. The van der Waals surface area contributed by atoms with Crippen molar-refractivity contribution in [2.24, 2.45) is 0 Å². The third-order valence-electron chi connectivity index (χ3n) is 2.61. The molecule has 3 nitrogen and oxygen atoms in total. The predicted octanol–water partition coefficient (Wildman–Crippen LogP) is 2.67. The number of amides is 1. The average Bonchev–Trinajstić information content (AvgIpc) is 2.28. The van der Waals surface area contributed by atoms with Gasteiger partial charge in [-0.1, -0.05) is 6.07 Å². The van der Waals surface area contributed by atoms with Gasteiger partial charge in [0.25, 0.3) is 5.91 Å². The van der Waals surface area contributed by atoms with E-state index in [1.807, 2.05) is 26.8 Å². The lowest BCUT2D eigenvalue weighted by Crippen LogP contribution is -2.36. The van der Waals surface area contributed by atoms with Gasteiger partial charge in [-0.15, -0.1) is 0 Å². The van der Waals surface area contributed by atoms with Crippen LogP contribution in [0.3, 0.4) is 0 Å². The lowest BCUT2D eigenvalue weighted by molar-refractivity contribution is -0.139. The molecule has 6 heteroatoms. The number of benzene rings is 1. The van der Waals surface area contributed by atoms with E-state index in [-0.39, 0.29) is 0 Å². The summed E-state index contributed by atoms with van der Waals surface area (Å²) in [7, 11) is 0. The highest BCUT2D eigenvalue weighted by molar-refractivity contribution is 5.77. The number of hydrogen-bond acceptors (Lipinski definition) is 2. The monoisotopic (exact) mass is 275 g/mol. The van der Waals surface area contributed by atoms with Crippen LogP contribution in [0, 0.1) is 20.8 Å². The van der Waals surface area contributed by atoms with E-state index < -0.39 is 25.2 Å². The molecule has 0 unspecified atom stereocenters. The van der Waals surface area contributed by atoms with Crippen molar-refractivity contribution in [3.8, 4) is 5.75 Å². The van der Waals surface area contributed by atoms with Crippen LogP contribution in [0.15, 0.2) is 12.1 Å². The summed E-state index contributed by atoms with van der Waals surface area (Å²) in [6.07, 6.45) is -4.41. The van der Waals surface area contributed by atoms with Crippen LogP contribution in [0.2, 0.25) is 0 Å². The van der Waals surface area contributed by atoms with Crippen LogP contribution < -0.4 is 10.1 Å². The van der Waals surface area contributed by atoms with Crippen molar-refractivity contribution >= 4 is 5.91 Å². The molecule has 0 radical (unpaired) electrons. The SMILES string of the molecule is Cc1cc(C)c(C)c(OCC(=O)NCC(F)(F)F)c1. The minimum atomic E-state index is -4.41. The second-order valence-electron chi connectivity index (χ2n) is 4.39. The minimum absolute atomic E-state index is 0.431. The summed E-state index contributed by atoms with van der Waals surface area (Å²) in [5.41, 5.74) is 2.84. The van der Waals surface area contributed by atoms with Gasteiger partial charge in [-0.25, -0.2) is 0 Å². The summed E-state index contributed by atoms with van der Waals surface area (Å²) in [6, 6.07) is 3.71. The Morgan fingerprint density at radius 3 is 2.47 bits per heavy atom. The summed E-state index contributed by atoms with van der Waals surface area (Å²) in [5, 5.41) is 1.75. The van der Waals surface area contributed by atoms with Crippen molar-refractivity contribution in [3.05, 3.63) is 28.8 Å². The number of hydrogen-bond donors (Lipinski definition) is 1. The summed E-state index contributed by atoms with van der Waals surface area (Å²) in [5.74, 6) is -0.282. The molecule has 1 N–H and O–H groups in total. The van der Waals surface area contributed by atoms with Crippen LogP contribution in [0.25, 0.3) is 0 Å². The second-order valence-corrected chi connectivity index (χ2v) is 4.39. The van der Waals surface area contributed by atoms with Crippen molar-refractivity contribution in [1.82, 2.24) is 5.32 Å². The fourth-order valence-corrected chi connectivity index (χ4v) is 1.54. The zero-order valence-electron chi connectivity index (χ0n) is 11.0. The number of alkyl halides is 3. The van der Waals surface area contributed by atoms with Crippen molar-refractivity contribution in [3.63, 3.8) is 0 Å². The maximum Gasteiger partial charge on any atom is 0.405 e. The van der Waals surface area contributed by atoms with Crippen LogP contribution in [-0.4, -0.2) is 25.2 Å². The number of carbonyl (C=O) groups excluding carboxylic acids is 1. The largest absolute Gasteiger partial charge is 0.483 e. The standard InChI is InChI=1S/C13H16F3NO2/c1-8-4-9(2)10(3)11(5-8)19-6-12(18)17-7-13(14,15)16/h4-5H,6-7H2,1-3H3,(H,17,18). The Hall–Kier alpha value is -1.72. The smallest absolute Gasteiger partial charge is 0.405 e. The minimum Gasteiger partial charge on any atom is -0.483 e. The number of halogens is 3. The molecule has 0 saturated carbocycles. The summed E-state index contributed by atoms with van der Waals surface area (Å²) in [6.45, 7) is 3.83. The molecule has 1 amide bonds. The fourth-order valence-electron chi connectivity index (χ4n) is 1.54. The van der Waals surface area contributed by atoms with Crippen LogP contribution >= 0.6 is 0 Å². The van der Waals surface area contributed by atoms with Gasteiger partial charge in [-0.3, -0.25) is 4.79 Å². The van der Waals surface area contributed by atoms with Crippen LogP contribution in [0.1, 0.15) is 16.7 Å². The molecule has 0 fully saturated rings. The van der Waals surface area contributed by atoms with Crippen LogP contribution in [-0.2, 0) is 4.79 Å². The zero-order valence-corrected chi connectivity index (χ0v) is 11.0. The van der Waals surface area contributed by atoms with Gasteiger partial charge in [-0.05, 0) is 43.5 Å². The van der Waals surface area contributed by atoms with E-state index in [9.17, 15) is 18.0 Å². The second kappa shape index (κ2) is 5.95. The number of ether oxygens (including phenoxy) is 1. The van der Waals surface area contributed by atoms with Crippen molar-refractivity contribution in [2.45, 2.75) is 26.9 Å². The maximum atomic E-state index is 11.9. The van der Waals surface area contributed by atoms with E-state index in [1.165, 1.54) is 0 Å². The number of rotatable bonds is 4. The van der Waals surface area contributed by atoms with E-state index in [4.69, 9.17) is 4.74 Å². The zero-order chi connectivity index (χ0) is 14.6. The Morgan fingerprint density at radius 2 is 1.89 bits per heavy atom. The molecule has 0 atom stereocenters. The van der Waals surface area contributed by atoms with Crippen molar-refractivity contribution in [1.29, 1.82) is 0 Å². The molecule has 19 heavy (non-hydrogen) atoms. The van der Waals surface area contributed by atoms with Crippen LogP contribution in [0.5, 0.6) is 5.75 Å². The first kappa shape index (κ1) is 15.3. The molecule has 0 saturated heterocycles. The first-order valence-corrected chi connectivity index (χ1v) is 5.73. The molecule has 0 heterocycles. The topological polar surface area (TPSA) is 38.3 Å². The first-order valence-electron chi connectivity index (χ1n) is 5.73. The van der Waals surface area contributed by atoms with Gasteiger partial charge >= 0.3 is 6.18 Å². The van der Waals surface area contributed by atoms with E-state index in [2.05, 4.69) is 0 Å². The third-order valence-corrected chi connectivity index (χ3v) is 2.61. The molecule has 1 aromatic rings. The highest BCUT2D eigenvalue weighted by atomic mass is 19.4. The molecule has 1 rings (SSSR count). The quantitative estimate of drug-likeness (QED) is 0.917. The van der Waals surface area contributed by atoms with Crippen molar-refractivity contribution < 1.29 is 22.7 Å². The Kier molecular flexibility index (Phi) is 4.80. The van der Waals surface area contributed by atoms with E-state index in [0.29, 0.717) is 5.75 Å². The van der Waals surface area contributed by atoms with Crippen LogP contribution in [0.4, 0.5) is 13.2 Å². The number of carbonyl (C=O) groups is 1.